The molecule has 0 aromatic heterocycles. The van der Waals surface area contributed by atoms with Crippen LogP contribution in [0.1, 0.15) is 12.8 Å². The van der Waals surface area contributed by atoms with Gasteiger partial charge in [0.1, 0.15) is 5.82 Å². The molecule has 2 aliphatic rings. The van der Waals surface area contributed by atoms with Crippen LogP contribution in [0, 0.1) is 5.82 Å². The van der Waals surface area contributed by atoms with E-state index in [0.29, 0.717) is 5.96 Å². The third-order valence-electron chi connectivity index (χ3n) is 4.24. The first-order valence-electron chi connectivity index (χ1n) is 6.65. The van der Waals surface area contributed by atoms with Crippen molar-refractivity contribution in [2.75, 3.05) is 31.6 Å². The van der Waals surface area contributed by atoms with Crippen molar-refractivity contribution in [2.45, 2.75) is 18.4 Å². The highest BCUT2D eigenvalue weighted by Crippen LogP contribution is 2.36. The van der Waals surface area contributed by atoms with Crippen molar-refractivity contribution in [3.63, 3.8) is 0 Å². The summed E-state index contributed by atoms with van der Waals surface area (Å²) in [6, 6.07) is 6.51. The molecule has 0 atom stereocenters. The van der Waals surface area contributed by atoms with Crippen LogP contribution >= 0.6 is 0 Å². The summed E-state index contributed by atoms with van der Waals surface area (Å²) in [6.45, 7) is 2.82. The molecular weight excluding hydrogens is 243 g/mol. The highest BCUT2D eigenvalue weighted by atomic mass is 19.1. The summed E-state index contributed by atoms with van der Waals surface area (Å²) < 4.78 is 13.1. The Labute approximate surface area is 112 Å². The van der Waals surface area contributed by atoms with Gasteiger partial charge in [0.2, 0.25) is 0 Å². The number of hydrogen-bond donors (Lipinski definition) is 1. The molecule has 2 aliphatic heterocycles. The number of nitrogens with two attached hydrogens (primary N) is 1. The van der Waals surface area contributed by atoms with E-state index >= 15 is 0 Å². The molecule has 1 spiro atoms. The molecule has 0 aliphatic carbocycles. The van der Waals surface area contributed by atoms with Gasteiger partial charge in [0.05, 0.1) is 12.1 Å². The molecule has 1 aromatic rings. The number of nitrogens with zero attached hydrogens (tertiary/aromatic N) is 3. The number of aliphatic imine (C=N–C) groups is 1. The summed E-state index contributed by atoms with van der Waals surface area (Å²) in [5, 5.41) is 0. The molecule has 1 fully saturated rings. The maximum atomic E-state index is 13.1. The van der Waals surface area contributed by atoms with E-state index in [1.165, 1.54) is 12.1 Å². The van der Waals surface area contributed by atoms with Gasteiger partial charge in [-0.3, -0.25) is 4.99 Å². The van der Waals surface area contributed by atoms with Gasteiger partial charge in [0.25, 0.3) is 0 Å². The first kappa shape index (κ1) is 12.4. The molecule has 4 nitrogen and oxygen atoms in total. The van der Waals surface area contributed by atoms with Crippen molar-refractivity contribution >= 4 is 11.6 Å². The normalized spacial score (nSPS) is 22.8. The Hall–Kier alpha value is -1.62. The fourth-order valence-electron chi connectivity index (χ4n) is 3.03. The zero-order chi connectivity index (χ0) is 13.5. The minimum absolute atomic E-state index is 0.0194. The monoisotopic (exact) mass is 262 g/mol. The van der Waals surface area contributed by atoms with Gasteiger partial charge in [0.15, 0.2) is 5.96 Å². The van der Waals surface area contributed by atoms with Crippen LogP contribution in [0.3, 0.4) is 0 Å². The summed E-state index contributed by atoms with van der Waals surface area (Å²) in [5.41, 5.74) is 6.97. The van der Waals surface area contributed by atoms with Gasteiger partial charge in [-0.25, -0.2) is 4.39 Å². The Morgan fingerprint density at radius 1 is 1.21 bits per heavy atom. The third-order valence-corrected chi connectivity index (χ3v) is 4.24. The molecule has 1 saturated heterocycles. The van der Waals surface area contributed by atoms with Crippen LogP contribution in [0.2, 0.25) is 0 Å². The Morgan fingerprint density at radius 2 is 1.84 bits per heavy atom. The van der Waals surface area contributed by atoms with E-state index in [1.807, 2.05) is 0 Å². The Morgan fingerprint density at radius 3 is 2.47 bits per heavy atom. The van der Waals surface area contributed by atoms with Crippen LogP contribution in [0.5, 0.6) is 0 Å². The van der Waals surface area contributed by atoms with Crippen LogP contribution in [0.15, 0.2) is 29.3 Å². The van der Waals surface area contributed by atoms with Crippen molar-refractivity contribution < 1.29 is 4.39 Å². The smallest absolute Gasteiger partial charge is 0.196 e. The quantitative estimate of drug-likeness (QED) is 0.832. The third kappa shape index (κ3) is 2.08. The second-order valence-electron chi connectivity index (χ2n) is 5.51. The Bertz CT molecular complexity index is 489. The van der Waals surface area contributed by atoms with Gasteiger partial charge in [0, 0.05) is 18.8 Å². The van der Waals surface area contributed by atoms with E-state index in [1.54, 1.807) is 12.1 Å². The summed E-state index contributed by atoms with van der Waals surface area (Å²) in [4.78, 5) is 8.85. The molecule has 2 N–H and O–H groups in total. The van der Waals surface area contributed by atoms with Gasteiger partial charge < -0.3 is 15.5 Å². The van der Waals surface area contributed by atoms with Crippen molar-refractivity contribution in [1.82, 2.24) is 4.90 Å². The standard InChI is InChI=1S/C14H19FN4/c1-18-8-6-14(7-9-18)10-17-13(16)19(14)12-4-2-11(15)3-5-12/h2-5H,6-10H2,1H3,(H2,16,17). The lowest BCUT2D eigenvalue weighted by atomic mass is 9.86. The lowest BCUT2D eigenvalue weighted by molar-refractivity contribution is 0.202. The SMILES string of the molecule is CN1CCC2(CC1)CN=C(N)N2c1ccc(F)cc1. The number of guanidine groups is 1. The average Bonchev–Trinajstić information content (AvgIpc) is 2.72. The minimum atomic E-state index is -0.226. The predicted octanol–water partition coefficient (Wildman–Crippen LogP) is 1.42. The van der Waals surface area contributed by atoms with Crippen molar-refractivity contribution in [3.05, 3.63) is 30.1 Å². The van der Waals surface area contributed by atoms with E-state index in [9.17, 15) is 4.39 Å². The van der Waals surface area contributed by atoms with E-state index in [-0.39, 0.29) is 11.4 Å². The molecular formula is C14H19FN4. The summed E-state index contributed by atoms with van der Waals surface area (Å²) >= 11 is 0. The average molecular weight is 262 g/mol. The van der Waals surface area contributed by atoms with Crippen LogP contribution in [0.4, 0.5) is 10.1 Å². The van der Waals surface area contributed by atoms with Gasteiger partial charge in [-0.05, 0) is 44.2 Å². The maximum Gasteiger partial charge on any atom is 0.196 e. The topological polar surface area (TPSA) is 44.9 Å². The fraction of sp³-hybridized carbons (Fsp3) is 0.500. The maximum absolute atomic E-state index is 13.1. The largest absolute Gasteiger partial charge is 0.369 e. The summed E-state index contributed by atoms with van der Waals surface area (Å²) in [6.07, 6.45) is 2.07. The number of hydrogen-bond acceptors (Lipinski definition) is 4. The zero-order valence-electron chi connectivity index (χ0n) is 11.1. The first-order chi connectivity index (χ1) is 9.11. The molecule has 0 amide bonds. The fourth-order valence-corrected chi connectivity index (χ4v) is 3.03. The predicted molar refractivity (Wildman–Crippen MR) is 74.8 cm³/mol. The minimum Gasteiger partial charge on any atom is -0.369 e. The van der Waals surface area contributed by atoms with E-state index in [4.69, 9.17) is 5.73 Å². The Balaban J connectivity index is 1.92. The molecule has 5 heteroatoms. The Kier molecular flexibility index (Phi) is 2.93. The lowest BCUT2D eigenvalue weighted by Crippen LogP contribution is -2.57. The molecule has 0 radical (unpaired) electrons. The number of halogens is 1. The van der Waals surface area contributed by atoms with Crippen LogP contribution < -0.4 is 10.6 Å². The highest BCUT2D eigenvalue weighted by Gasteiger charge is 2.44. The summed E-state index contributed by atoms with van der Waals surface area (Å²) in [5.74, 6) is 0.326. The lowest BCUT2D eigenvalue weighted by Gasteiger charge is -2.44. The molecule has 0 unspecified atom stereocenters. The highest BCUT2D eigenvalue weighted by molar-refractivity contribution is 5.98. The van der Waals surface area contributed by atoms with Crippen molar-refractivity contribution in [3.8, 4) is 0 Å². The first-order valence-corrected chi connectivity index (χ1v) is 6.65. The molecule has 102 valence electrons. The van der Waals surface area contributed by atoms with Gasteiger partial charge in [-0.1, -0.05) is 0 Å². The zero-order valence-corrected chi connectivity index (χ0v) is 11.1. The number of rotatable bonds is 1. The molecule has 0 bridgehead atoms. The molecule has 1 aromatic carbocycles. The molecule has 0 saturated carbocycles. The second kappa shape index (κ2) is 4.49. The van der Waals surface area contributed by atoms with Gasteiger partial charge in [-0.2, -0.15) is 0 Å². The van der Waals surface area contributed by atoms with Crippen LogP contribution in [-0.4, -0.2) is 43.1 Å². The number of piperidine rings is 1. The van der Waals surface area contributed by atoms with Crippen molar-refractivity contribution in [2.24, 2.45) is 10.7 Å². The van der Waals surface area contributed by atoms with Crippen LogP contribution in [0.25, 0.3) is 0 Å². The van der Waals surface area contributed by atoms with Crippen LogP contribution in [-0.2, 0) is 0 Å². The molecule has 3 rings (SSSR count). The van der Waals surface area contributed by atoms with Gasteiger partial charge >= 0.3 is 0 Å². The second-order valence-corrected chi connectivity index (χ2v) is 5.51. The summed E-state index contributed by atoms with van der Waals surface area (Å²) in [7, 11) is 2.13. The molecule has 19 heavy (non-hydrogen) atoms. The van der Waals surface area contributed by atoms with E-state index < -0.39 is 0 Å². The van der Waals surface area contributed by atoms with E-state index in [2.05, 4.69) is 21.8 Å². The number of anilines is 1. The van der Waals surface area contributed by atoms with Gasteiger partial charge in [-0.15, -0.1) is 0 Å². The van der Waals surface area contributed by atoms with E-state index in [0.717, 1.165) is 38.2 Å². The molecule has 2 heterocycles. The number of likely N-dealkylation sites (tertiary alicyclic amines) is 1. The van der Waals surface area contributed by atoms with Crippen molar-refractivity contribution in [1.29, 1.82) is 0 Å². The number of benzene rings is 1.